The summed E-state index contributed by atoms with van der Waals surface area (Å²) in [5.74, 6) is -0.176. The summed E-state index contributed by atoms with van der Waals surface area (Å²) in [7, 11) is 0. The van der Waals surface area contributed by atoms with Gasteiger partial charge in [0.05, 0.1) is 18.7 Å². The van der Waals surface area contributed by atoms with Crippen LogP contribution in [0.3, 0.4) is 0 Å². The largest absolute Gasteiger partial charge is 0.481 e. The lowest BCUT2D eigenvalue weighted by Crippen LogP contribution is -2.45. The Balaban J connectivity index is 1.58. The van der Waals surface area contributed by atoms with E-state index in [2.05, 4.69) is 11.9 Å². The Morgan fingerprint density at radius 2 is 2.00 bits per heavy atom. The molecule has 1 saturated heterocycles. The monoisotopic (exact) mass is 501 g/mol. The molecule has 1 aromatic carbocycles. The first-order valence-corrected chi connectivity index (χ1v) is 12.6. The number of hydrogen-bond acceptors (Lipinski definition) is 8. The molecule has 0 radical (unpaired) electrons. The fourth-order valence-corrected chi connectivity index (χ4v) is 5.23. The van der Waals surface area contributed by atoms with Crippen LogP contribution < -0.4 is 9.47 Å². The van der Waals surface area contributed by atoms with Crippen molar-refractivity contribution in [1.82, 2.24) is 14.8 Å². The highest BCUT2D eigenvalue weighted by atomic mass is 16.7. The van der Waals surface area contributed by atoms with E-state index in [1.54, 1.807) is 11.1 Å². The first kappa shape index (κ1) is 26.0. The van der Waals surface area contributed by atoms with Crippen LogP contribution in [0, 0.1) is 5.92 Å². The summed E-state index contributed by atoms with van der Waals surface area (Å²) in [6.07, 6.45) is 6.40. The molecule has 10 nitrogen and oxygen atoms in total. The van der Waals surface area contributed by atoms with E-state index in [-0.39, 0.29) is 37.8 Å². The van der Waals surface area contributed by atoms with Crippen molar-refractivity contribution in [2.45, 2.75) is 51.0 Å². The van der Waals surface area contributed by atoms with Crippen molar-refractivity contribution in [1.29, 1.82) is 0 Å². The van der Waals surface area contributed by atoms with Gasteiger partial charge in [0.1, 0.15) is 6.26 Å². The summed E-state index contributed by atoms with van der Waals surface area (Å²) in [5.41, 5.74) is 0.853. The molecular formula is C26H35N3O7. The zero-order chi connectivity index (χ0) is 25.5. The van der Waals surface area contributed by atoms with Crippen LogP contribution in [-0.2, 0) is 16.0 Å². The van der Waals surface area contributed by atoms with Crippen LogP contribution in [0.15, 0.2) is 35.1 Å². The molecule has 3 heterocycles. The molecule has 2 aromatic rings. The molecule has 36 heavy (non-hydrogen) atoms. The molecule has 1 aromatic heterocycles. The van der Waals surface area contributed by atoms with Gasteiger partial charge in [-0.2, -0.15) is 0 Å². The molecule has 0 aliphatic carbocycles. The number of aliphatic hydroxyl groups excluding tert-OH is 1. The second-order valence-electron chi connectivity index (χ2n) is 9.36. The van der Waals surface area contributed by atoms with E-state index in [9.17, 15) is 19.8 Å². The minimum atomic E-state index is -0.895. The van der Waals surface area contributed by atoms with Crippen molar-refractivity contribution < 1.29 is 33.7 Å². The first-order valence-electron chi connectivity index (χ1n) is 12.6. The third-order valence-electron chi connectivity index (χ3n) is 7.05. The first-order chi connectivity index (χ1) is 17.5. The SMILES string of the molecule is CCCCN(CCCO)C(=O)CN1C[C@H](c2ccc3c(c2)OCO3)C(C(=O)O)[C@@H]1CCc1ncco1. The molecule has 0 spiro atoms. The van der Waals surface area contributed by atoms with Gasteiger partial charge in [0.2, 0.25) is 12.7 Å². The highest BCUT2D eigenvalue weighted by molar-refractivity contribution is 5.79. The van der Waals surface area contributed by atoms with E-state index in [0.29, 0.717) is 56.3 Å². The number of fused-ring (bicyclic) bond motifs is 1. The van der Waals surface area contributed by atoms with Crippen LogP contribution in [0.5, 0.6) is 11.5 Å². The number of aryl methyl sites for hydroxylation is 1. The number of unbranched alkanes of at least 4 members (excludes halogenated alkanes) is 1. The third kappa shape index (κ3) is 5.99. The normalized spacial score (nSPS) is 21.1. The van der Waals surface area contributed by atoms with Crippen LogP contribution >= 0.6 is 0 Å². The molecule has 4 rings (SSSR count). The van der Waals surface area contributed by atoms with Crippen molar-refractivity contribution in [2.24, 2.45) is 5.92 Å². The molecule has 3 atom stereocenters. The van der Waals surface area contributed by atoms with Crippen LogP contribution in [0.2, 0.25) is 0 Å². The van der Waals surface area contributed by atoms with Gasteiger partial charge in [0.15, 0.2) is 17.4 Å². The van der Waals surface area contributed by atoms with Gasteiger partial charge in [0.25, 0.3) is 0 Å². The van der Waals surface area contributed by atoms with Crippen molar-refractivity contribution in [3.05, 3.63) is 42.1 Å². The fourth-order valence-electron chi connectivity index (χ4n) is 5.23. The zero-order valence-electron chi connectivity index (χ0n) is 20.7. The second kappa shape index (κ2) is 12.2. The van der Waals surface area contributed by atoms with Crippen LogP contribution in [0.1, 0.15) is 50.0 Å². The van der Waals surface area contributed by atoms with E-state index in [0.717, 1.165) is 18.4 Å². The zero-order valence-corrected chi connectivity index (χ0v) is 20.7. The van der Waals surface area contributed by atoms with E-state index in [4.69, 9.17) is 13.9 Å². The van der Waals surface area contributed by atoms with E-state index >= 15 is 0 Å². The van der Waals surface area contributed by atoms with Gasteiger partial charge in [-0.1, -0.05) is 19.4 Å². The molecule has 196 valence electrons. The van der Waals surface area contributed by atoms with Crippen molar-refractivity contribution in [3.63, 3.8) is 0 Å². The average Bonchev–Trinajstić information content (AvgIpc) is 3.62. The third-order valence-corrected chi connectivity index (χ3v) is 7.05. The summed E-state index contributed by atoms with van der Waals surface area (Å²) in [4.78, 5) is 33.9. The van der Waals surface area contributed by atoms with Gasteiger partial charge in [-0.05, 0) is 37.0 Å². The number of rotatable bonds is 13. The molecular weight excluding hydrogens is 466 g/mol. The Hall–Kier alpha value is -3.11. The molecule has 1 unspecified atom stereocenters. The predicted octanol–water partition coefficient (Wildman–Crippen LogP) is 2.52. The summed E-state index contributed by atoms with van der Waals surface area (Å²) in [6.45, 7) is 3.90. The van der Waals surface area contributed by atoms with Crippen molar-refractivity contribution in [3.8, 4) is 11.5 Å². The summed E-state index contributed by atoms with van der Waals surface area (Å²) >= 11 is 0. The maximum atomic E-state index is 13.4. The van der Waals surface area contributed by atoms with Gasteiger partial charge in [-0.3, -0.25) is 14.5 Å². The Morgan fingerprint density at radius 1 is 1.19 bits per heavy atom. The van der Waals surface area contributed by atoms with Gasteiger partial charge >= 0.3 is 5.97 Å². The highest BCUT2D eigenvalue weighted by Crippen LogP contribution is 2.43. The van der Waals surface area contributed by atoms with Crippen molar-refractivity contribution >= 4 is 11.9 Å². The number of carboxylic acids is 1. The predicted molar refractivity (Wildman–Crippen MR) is 130 cm³/mol. The summed E-state index contributed by atoms with van der Waals surface area (Å²) in [5, 5.41) is 19.6. The number of hydrogen-bond donors (Lipinski definition) is 2. The number of carboxylic acid groups (broad SMARTS) is 1. The number of aliphatic carboxylic acids is 1. The number of benzene rings is 1. The van der Waals surface area contributed by atoms with Gasteiger partial charge in [-0.15, -0.1) is 0 Å². The van der Waals surface area contributed by atoms with Gasteiger partial charge < -0.3 is 29.0 Å². The van der Waals surface area contributed by atoms with Crippen LogP contribution in [0.25, 0.3) is 0 Å². The molecule has 0 saturated carbocycles. The molecule has 2 aliphatic rings. The number of amides is 1. The molecule has 0 bridgehead atoms. The Labute approximate surface area is 210 Å². The van der Waals surface area contributed by atoms with E-state index in [1.165, 1.54) is 6.26 Å². The fraction of sp³-hybridized carbons (Fsp3) is 0.577. The minimum absolute atomic E-state index is 0.0195. The summed E-state index contributed by atoms with van der Waals surface area (Å²) in [6, 6.07) is 5.18. The quantitative estimate of drug-likeness (QED) is 0.426. The maximum absolute atomic E-state index is 13.4. The summed E-state index contributed by atoms with van der Waals surface area (Å²) < 4.78 is 16.3. The average molecular weight is 502 g/mol. The smallest absolute Gasteiger partial charge is 0.308 e. The number of aliphatic hydroxyl groups is 1. The van der Waals surface area contributed by atoms with E-state index in [1.807, 2.05) is 23.1 Å². The van der Waals surface area contributed by atoms with Crippen molar-refractivity contribution in [2.75, 3.05) is 39.6 Å². The highest BCUT2D eigenvalue weighted by Gasteiger charge is 2.47. The maximum Gasteiger partial charge on any atom is 0.308 e. The standard InChI is InChI=1S/C26H35N3O7/c1-2-3-10-28(11-4-12-30)24(31)16-29-15-19(18-5-7-21-22(14-18)36-17-35-21)25(26(32)33)20(29)6-8-23-27-9-13-34-23/h5,7,9,13-14,19-20,25,30H,2-4,6,8,10-12,15-17H2,1H3,(H,32,33)/t19-,20+,25?/m1/s1. The number of aromatic nitrogens is 1. The molecule has 10 heteroatoms. The molecule has 2 N–H and O–H groups in total. The number of likely N-dealkylation sites (tertiary alicyclic amines) is 1. The number of ether oxygens (including phenoxy) is 2. The Bertz CT molecular complexity index is 1000. The Morgan fingerprint density at radius 3 is 2.72 bits per heavy atom. The lowest BCUT2D eigenvalue weighted by molar-refractivity contribution is -0.144. The second-order valence-corrected chi connectivity index (χ2v) is 9.36. The van der Waals surface area contributed by atoms with Gasteiger partial charge in [-0.25, -0.2) is 4.98 Å². The number of carbonyl (C=O) groups excluding carboxylic acids is 1. The molecule has 1 fully saturated rings. The topological polar surface area (TPSA) is 126 Å². The van der Waals surface area contributed by atoms with Crippen LogP contribution in [0.4, 0.5) is 0 Å². The molecule has 2 aliphatic heterocycles. The number of oxazole rings is 1. The minimum Gasteiger partial charge on any atom is -0.481 e. The Kier molecular flexibility index (Phi) is 8.82. The molecule has 1 amide bonds. The lowest BCUT2D eigenvalue weighted by Gasteiger charge is -2.29. The lowest BCUT2D eigenvalue weighted by atomic mass is 9.83. The van der Waals surface area contributed by atoms with Crippen LogP contribution in [-0.4, -0.2) is 82.5 Å². The van der Waals surface area contributed by atoms with Gasteiger partial charge in [0, 0.05) is 44.6 Å². The van der Waals surface area contributed by atoms with E-state index < -0.39 is 11.9 Å². The number of nitrogens with zero attached hydrogens (tertiary/aromatic N) is 3. The number of carbonyl (C=O) groups is 2.